The normalized spacial score (nSPS) is 13.8. The van der Waals surface area contributed by atoms with Gasteiger partial charge >= 0.3 is 0 Å². The van der Waals surface area contributed by atoms with Gasteiger partial charge in [0.2, 0.25) is 0 Å². The Morgan fingerprint density at radius 1 is 1.10 bits per heavy atom. The van der Waals surface area contributed by atoms with Gasteiger partial charge in [0.1, 0.15) is 0 Å². The Morgan fingerprint density at radius 3 is 2.32 bits per heavy atom. The summed E-state index contributed by atoms with van der Waals surface area (Å²) in [4.78, 5) is 4.57. The van der Waals surface area contributed by atoms with Crippen LogP contribution in [-0.2, 0) is 9.84 Å². The van der Waals surface area contributed by atoms with Gasteiger partial charge in [-0.05, 0) is 49.1 Å². The van der Waals surface area contributed by atoms with Crippen molar-refractivity contribution in [2.75, 3.05) is 26.0 Å². The van der Waals surface area contributed by atoms with Gasteiger partial charge in [-0.25, -0.2) is 8.42 Å². The average molecular weight is 560 g/mol. The highest BCUT2D eigenvalue weighted by Crippen LogP contribution is 2.17. The van der Waals surface area contributed by atoms with Crippen molar-refractivity contribution in [2.45, 2.75) is 44.0 Å². The van der Waals surface area contributed by atoms with Gasteiger partial charge < -0.3 is 15.7 Å². The predicted octanol–water partition coefficient (Wildman–Crippen LogP) is 3.41. The number of rotatable bonds is 9. The fraction of sp³-hybridized carbons (Fsp3) is 0.435. The third-order valence-corrected chi connectivity index (χ3v) is 7.14. The largest absolute Gasteiger partial charge is 0.396 e. The van der Waals surface area contributed by atoms with E-state index in [1.54, 1.807) is 19.2 Å². The molecule has 6 nitrogen and oxygen atoms in total. The van der Waals surface area contributed by atoms with E-state index >= 15 is 0 Å². The lowest BCUT2D eigenvalue weighted by Gasteiger charge is -2.22. The summed E-state index contributed by atoms with van der Waals surface area (Å²) in [7, 11) is -1.78. The molecule has 2 atom stereocenters. The van der Waals surface area contributed by atoms with Gasteiger partial charge in [0.15, 0.2) is 15.8 Å². The smallest absolute Gasteiger partial charge is 0.191 e. The number of aliphatic imine (C=N–C) groups is 1. The first-order chi connectivity index (χ1) is 14.3. The lowest BCUT2D eigenvalue weighted by Crippen LogP contribution is -2.47. The van der Waals surface area contributed by atoms with Gasteiger partial charge in [0.25, 0.3) is 0 Å². The van der Waals surface area contributed by atoms with Crippen LogP contribution in [-0.4, -0.2) is 51.5 Å². The maximum absolute atomic E-state index is 12.9. The van der Waals surface area contributed by atoms with Gasteiger partial charge in [-0.2, -0.15) is 0 Å². The molecule has 0 spiro atoms. The molecule has 2 aromatic carbocycles. The van der Waals surface area contributed by atoms with E-state index < -0.39 is 9.84 Å². The molecule has 2 unspecified atom stereocenters. The molecule has 8 heteroatoms. The van der Waals surface area contributed by atoms with Crippen molar-refractivity contribution in [3.63, 3.8) is 0 Å². The number of aryl methyl sites for hydroxylation is 2. The summed E-state index contributed by atoms with van der Waals surface area (Å²) < 4.78 is 25.8. The molecule has 0 bridgehead atoms. The summed E-state index contributed by atoms with van der Waals surface area (Å²) in [5.41, 5.74) is 3.07. The van der Waals surface area contributed by atoms with Crippen LogP contribution in [0.3, 0.4) is 0 Å². The van der Waals surface area contributed by atoms with Gasteiger partial charge in [0, 0.05) is 25.6 Å². The number of halogens is 1. The van der Waals surface area contributed by atoms with Crippen LogP contribution < -0.4 is 10.6 Å². The Hall–Kier alpha value is -1.65. The van der Waals surface area contributed by atoms with Crippen molar-refractivity contribution >= 4 is 39.8 Å². The van der Waals surface area contributed by atoms with Gasteiger partial charge in [-0.1, -0.05) is 43.3 Å². The molecule has 3 N–H and O–H groups in total. The zero-order valence-electron chi connectivity index (χ0n) is 18.6. The number of aliphatic hydroxyl groups excluding tert-OH is 1. The van der Waals surface area contributed by atoms with Crippen molar-refractivity contribution in [3.8, 4) is 0 Å². The molecule has 31 heavy (non-hydrogen) atoms. The van der Waals surface area contributed by atoms with Crippen LogP contribution in [0.2, 0.25) is 0 Å². The molecule has 0 aliphatic rings. The van der Waals surface area contributed by atoms with Gasteiger partial charge in [0.05, 0.1) is 17.3 Å². The second-order valence-corrected chi connectivity index (χ2v) is 9.55. The number of hydrogen-bond donors (Lipinski definition) is 3. The van der Waals surface area contributed by atoms with E-state index in [4.69, 9.17) is 0 Å². The lowest BCUT2D eigenvalue weighted by atomic mass is 10.0. The second kappa shape index (κ2) is 13.0. The Bertz CT molecular complexity index is 950. The SMILES string of the molecule is CCC(CS(=O)(=O)c1ccc(C)c(C)c1)NC(=NC)NCC(CO)c1ccccc1.I. The van der Waals surface area contributed by atoms with E-state index in [1.807, 2.05) is 57.2 Å². The Balaban J connectivity index is 0.00000480. The van der Waals surface area contributed by atoms with Crippen molar-refractivity contribution in [1.82, 2.24) is 10.6 Å². The first-order valence-electron chi connectivity index (χ1n) is 10.2. The maximum atomic E-state index is 12.9. The molecular formula is C23H34IN3O3S. The van der Waals surface area contributed by atoms with E-state index in [9.17, 15) is 13.5 Å². The third-order valence-electron chi connectivity index (χ3n) is 5.32. The maximum Gasteiger partial charge on any atom is 0.191 e. The van der Waals surface area contributed by atoms with Crippen LogP contribution in [0.25, 0.3) is 0 Å². The third kappa shape index (κ3) is 8.08. The molecule has 0 fully saturated rings. The Kier molecular flexibility index (Phi) is 11.5. The summed E-state index contributed by atoms with van der Waals surface area (Å²) >= 11 is 0. The van der Waals surface area contributed by atoms with Crippen LogP contribution in [0, 0.1) is 13.8 Å². The summed E-state index contributed by atoms with van der Waals surface area (Å²) in [6, 6.07) is 14.7. The topological polar surface area (TPSA) is 90.8 Å². The first-order valence-corrected chi connectivity index (χ1v) is 11.9. The fourth-order valence-electron chi connectivity index (χ4n) is 3.15. The highest BCUT2D eigenvalue weighted by atomic mass is 127. The molecule has 0 saturated carbocycles. The monoisotopic (exact) mass is 559 g/mol. The van der Waals surface area contributed by atoms with Crippen molar-refractivity contribution in [2.24, 2.45) is 4.99 Å². The highest BCUT2D eigenvalue weighted by Gasteiger charge is 2.22. The standard InChI is InChI=1S/C23H33N3O3S.HI/c1-5-21(16-30(28,29)22-12-11-17(2)18(3)13-22)26-23(24-4)25-14-20(15-27)19-9-7-6-8-10-19;/h6-13,20-21,27H,5,14-16H2,1-4H3,(H2,24,25,26);1H. The second-order valence-electron chi connectivity index (χ2n) is 7.52. The number of hydrogen-bond acceptors (Lipinski definition) is 4. The molecule has 0 saturated heterocycles. The number of sulfone groups is 1. The lowest BCUT2D eigenvalue weighted by molar-refractivity contribution is 0.265. The number of nitrogens with one attached hydrogen (secondary N) is 2. The summed E-state index contributed by atoms with van der Waals surface area (Å²) in [5.74, 6) is 0.421. The summed E-state index contributed by atoms with van der Waals surface area (Å²) in [5, 5.41) is 16.2. The molecule has 172 valence electrons. The molecule has 0 radical (unpaired) electrons. The van der Waals surface area contributed by atoms with Crippen LogP contribution in [0.4, 0.5) is 0 Å². The molecule has 0 aromatic heterocycles. The van der Waals surface area contributed by atoms with Crippen molar-refractivity contribution in [1.29, 1.82) is 0 Å². The van der Waals surface area contributed by atoms with Crippen molar-refractivity contribution < 1.29 is 13.5 Å². The van der Waals surface area contributed by atoms with Crippen molar-refractivity contribution in [3.05, 3.63) is 65.2 Å². The summed E-state index contributed by atoms with van der Waals surface area (Å²) in [6.07, 6.45) is 0.632. The van der Waals surface area contributed by atoms with Gasteiger partial charge in [-0.3, -0.25) is 4.99 Å². The molecule has 0 aliphatic heterocycles. The average Bonchev–Trinajstić information content (AvgIpc) is 2.75. The van der Waals surface area contributed by atoms with Crippen LogP contribution in [0.5, 0.6) is 0 Å². The molecule has 2 rings (SSSR count). The van der Waals surface area contributed by atoms with E-state index in [-0.39, 0.29) is 48.3 Å². The zero-order chi connectivity index (χ0) is 22.1. The number of nitrogens with zero attached hydrogens (tertiary/aromatic N) is 1. The predicted molar refractivity (Wildman–Crippen MR) is 138 cm³/mol. The van der Waals surface area contributed by atoms with Crippen LogP contribution >= 0.6 is 24.0 Å². The molecule has 0 heterocycles. The van der Waals surface area contributed by atoms with Crippen LogP contribution in [0.1, 0.15) is 36.0 Å². The molecule has 2 aromatic rings. The minimum absolute atomic E-state index is 0. The number of guanidine groups is 1. The zero-order valence-corrected chi connectivity index (χ0v) is 21.8. The van der Waals surface area contributed by atoms with E-state index in [1.165, 1.54) is 0 Å². The Labute approximate surface area is 203 Å². The number of aliphatic hydroxyl groups is 1. The highest BCUT2D eigenvalue weighted by molar-refractivity contribution is 14.0. The Morgan fingerprint density at radius 2 is 1.77 bits per heavy atom. The minimum Gasteiger partial charge on any atom is -0.396 e. The fourth-order valence-corrected chi connectivity index (χ4v) is 4.82. The van der Waals surface area contributed by atoms with E-state index in [0.29, 0.717) is 23.8 Å². The number of benzene rings is 2. The van der Waals surface area contributed by atoms with E-state index in [0.717, 1.165) is 16.7 Å². The van der Waals surface area contributed by atoms with Gasteiger partial charge in [-0.15, -0.1) is 24.0 Å². The minimum atomic E-state index is -3.43. The summed E-state index contributed by atoms with van der Waals surface area (Å²) in [6.45, 7) is 6.32. The van der Waals surface area contributed by atoms with E-state index in [2.05, 4.69) is 15.6 Å². The molecule has 0 amide bonds. The van der Waals surface area contributed by atoms with Crippen LogP contribution in [0.15, 0.2) is 58.4 Å². The first kappa shape index (κ1) is 27.4. The molecular weight excluding hydrogens is 525 g/mol. The molecule has 0 aliphatic carbocycles. The quantitative estimate of drug-likeness (QED) is 0.249.